The zero-order valence-corrected chi connectivity index (χ0v) is 4.52. The predicted octanol–water partition coefficient (Wildman–Crippen LogP) is -0.517. The summed E-state index contributed by atoms with van der Waals surface area (Å²) in [5.74, 6) is 4.97. The molecule has 0 aliphatic heterocycles. The van der Waals surface area contributed by atoms with E-state index in [9.17, 15) is 0 Å². The minimum Gasteiger partial charge on any atom is -0.367 e. The number of hydrogen-bond donors (Lipinski definition) is 2. The molecule has 0 aromatic carbocycles. The molecular formula is C4H11N3. The first-order chi connectivity index (χ1) is 3.31. The number of hydrazine groups is 1. The van der Waals surface area contributed by atoms with Crippen LogP contribution in [-0.2, 0) is 0 Å². The Labute approximate surface area is 43.8 Å². The monoisotopic (exact) mass is 101 g/mol. The Morgan fingerprint density at radius 2 is 2.57 bits per heavy atom. The van der Waals surface area contributed by atoms with Gasteiger partial charge in [-0.05, 0) is 6.20 Å². The molecule has 0 heterocycles. The second-order valence-electron chi connectivity index (χ2n) is 1.30. The van der Waals surface area contributed by atoms with E-state index in [1.165, 1.54) is 0 Å². The van der Waals surface area contributed by atoms with E-state index in [1.807, 2.05) is 11.9 Å². The second kappa shape index (κ2) is 3.64. The highest BCUT2D eigenvalue weighted by atomic mass is 15.3. The summed E-state index contributed by atoms with van der Waals surface area (Å²) in [5, 5.41) is 0. The molecule has 42 valence electrons. The summed E-state index contributed by atoms with van der Waals surface area (Å²) in [4.78, 5) is 1.83. The van der Waals surface area contributed by atoms with Gasteiger partial charge < -0.3 is 4.90 Å². The van der Waals surface area contributed by atoms with Gasteiger partial charge >= 0.3 is 0 Å². The third-order valence-corrected chi connectivity index (χ3v) is 0.652. The van der Waals surface area contributed by atoms with Gasteiger partial charge in [-0.3, -0.25) is 5.84 Å². The SMILES string of the molecule is C=CN(C)CNN. The van der Waals surface area contributed by atoms with E-state index in [2.05, 4.69) is 12.0 Å². The van der Waals surface area contributed by atoms with Gasteiger partial charge in [-0.2, -0.15) is 0 Å². The van der Waals surface area contributed by atoms with Crippen LogP contribution in [0.3, 0.4) is 0 Å². The maximum atomic E-state index is 4.97. The summed E-state index contributed by atoms with van der Waals surface area (Å²) < 4.78 is 0. The van der Waals surface area contributed by atoms with Crippen molar-refractivity contribution in [2.45, 2.75) is 0 Å². The van der Waals surface area contributed by atoms with Gasteiger partial charge in [0.05, 0.1) is 6.67 Å². The molecule has 0 aromatic rings. The van der Waals surface area contributed by atoms with E-state index in [0.717, 1.165) is 0 Å². The van der Waals surface area contributed by atoms with E-state index in [1.54, 1.807) is 6.20 Å². The first kappa shape index (κ1) is 6.46. The molecule has 0 atom stereocenters. The molecule has 0 aromatic heterocycles. The van der Waals surface area contributed by atoms with Gasteiger partial charge in [-0.25, -0.2) is 5.43 Å². The summed E-state index contributed by atoms with van der Waals surface area (Å²) >= 11 is 0. The summed E-state index contributed by atoms with van der Waals surface area (Å²) in [6.45, 7) is 4.15. The van der Waals surface area contributed by atoms with Crippen molar-refractivity contribution >= 4 is 0 Å². The van der Waals surface area contributed by atoms with Gasteiger partial charge in [0, 0.05) is 7.05 Å². The van der Waals surface area contributed by atoms with Crippen LogP contribution >= 0.6 is 0 Å². The molecule has 0 spiro atoms. The molecule has 7 heavy (non-hydrogen) atoms. The van der Waals surface area contributed by atoms with Crippen molar-refractivity contribution in [1.29, 1.82) is 0 Å². The Hall–Kier alpha value is -0.540. The highest BCUT2D eigenvalue weighted by molar-refractivity contribution is 4.62. The lowest BCUT2D eigenvalue weighted by atomic mass is 10.8. The van der Waals surface area contributed by atoms with Gasteiger partial charge in [-0.15, -0.1) is 0 Å². The highest BCUT2D eigenvalue weighted by Crippen LogP contribution is 1.71. The number of nitrogens with zero attached hydrogens (tertiary/aromatic N) is 1. The smallest absolute Gasteiger partial charge is 0.0799 e. The molecule has 0 fully saturated rings. The molecule has 3 heteroatoms. The first-order valence-electron chi connectivity index (χ1n) is 2.07. The minimum absolute atomic E-state index is 0.642. The van der Waals surface area contributed by atoms with Gasteiger partial charge in [0.15, 0.2) is 0 Å². The summed E-state index contributed by atoms with van der Waals surface area (Å²) in [6.07, 6.45) is 1.69. The van der Waals surface area contributed by atoms with Crippen LogP contribution in [-0.4, -0.2) is 18.6 Å². The van der Waals surface area contributed by atoms with Crippen LogP contribution in [0.1, 0.15) is 0 Å². The van der Waals surface area contributed by atoms with Crippen LogP contribution in [0.4, 0.5) is 0 Å². The Balaban J connectivity index is 2.98. The Kier molecular flexibility index (Phi) is 3.36. The maximum absolute atomic E-state index is 4.97. The molecule has 0 bridgehead atoms. The summed E-state index contributed by atoms with van der Waals surface area (Å²) in [7, 11) is 1.88. The van der Waals surface area contributed by atoms with Crippen molar-refractivity contribution in [3.8, 4) is 0 Å². The average Bonchev–Trinajstić information content (AvgIpc) is 1.68. The molecule has 0 saturated carbocycles. The summed E-state index contributed by atoms with van der Waals surface area (Å²) in [5.41, 5.74) is 2.47. The largest absolute Gasteiger partial charge is 0.367 e. The molecule has 0 aliphatic carbocycles. The third kappa shape index (κ3) is 3.29. The van der Waals surface area contributed by atoms with E-state index in [4.69, 9.17) is 5.84 Å². The molecule has 3 N–H and O–H groups in total. The normalized spacial score (nSPS) is 8.29. The fourth-order valence-electron chi connectivity index (χ4n) is 0.209. The van der Waals surface area contributed by atoms with Crippen molar-refractivity contribution in [2.24, 2.45) is 5.84 Å². The maximum Gasteiger partial charge on any atom is 0.0799 e. The molecule has 3 nitrogen and oxygen atoms in total. The Morgan fingerprint density at radius 1 is 2.00 bits per heavy atom. The predicted molar refractivity (Wildman–Crippen MR) is 30.2 cm³/mol. The molecular weight excluding hydrogens is 90.1 g/mol. The lowest BCUT2D eigenvalue weighted by Gasteiger charge is -2.09. The molecule has 0 radical (unpaired) electrons. The quantitative estimate of drug-likeness (QED) is 0.285. The third-order valence-electron chi connectivity index (χ3n) is 0.652. The number of nitrogens with two attached hydrogens (primary N) is 1. The minimum atomic E-state index is 0.642. The van der Waals surface area contributed by atoms with Crippen LogP contribution in [0.2, 0.25) is 0 Å². The van der Waals surface area contributed by atoms with Gasteiger partial charge in [0.2, 0.25) is 0 Å². The number of nitrogens with one attached hydrogen (secondary N) is 1. The van der Waals surface area contributed by atoms with Gasteiger partial charge in [-0.1, -0.05) is 6.58 Å². The zero-order valence-electron chi connectivity index (χ0n) is 4.52. The van der Waals surface area contributed by atoms with Crippen molar-refractivity contribution in [3.63, 3.8) is 0 Å². The van der Waals surface area contributed by atoms with Crippen molar-refractivity contribution in [3.05, 3.63) is 12.8 Å². The lowest BCUT2D eigenvalue weighted by molar-refractivity contribution is 0.414. The molecule has 0 aliphatic rings. The number of hydrogen-bond acceptors (Lipinski definition) is 3. The average molecular weight is 101 g/mol. The Bertz CT molecular complexity index is 52.9. The fraction of sp³-hybridized carbons (Fsp3) is 0.500. The van der Waals surface area contributed by atoms with Crippen molar-refractivity contribution in [1.82, 2.24) is 10.3 Å². The van der Waals surface area contributed by atoms with Crippen LogP contribution in [0, 0.1) is 0 Å². The first-order valence-corrected chi connectivity index (χ1v) is 2.07. The Morgan fingerprint density at radius 3 is 2.71 bits per heavy atom. The van der Waals surface area contributed by atoms with Gasteiger partial charge in [0.25, 0.3) is 0 Å². The molecule has 0 amide bonds. The van der Waals surface area contributed by atoms with Crippen LogP contribution in [0.5, 0.6) is 0 Å². The van der Waals surface area contributed by atoms with Crippen LogP contribution in [0.25, 0.3) is 0 Å². The zero-order chi connectivity index (χ0) is 5.70. The lowest BCUT2D eigenvalue weighted by Crippen LogP contribution is -2.32. The second-order valence-corrected chi connectivity index (χ2v) is 1.30. The van der Waals surface area contributed by atoms with Crippen molar-refractivity contribution < 1.29 is 0 Å². The topological polar surface area (TPSA) is 41.3 Å². The van der Waals surface area contributed by atoms with E-state index in [0.29, 0.717) is 6.67 Å². The van der Waals surface area contributed by atoms with E-state index >= 15 is 0 Å². The number of rotatable bonds is 3. The van der Waals surface area contributed by atoms with E-state index in [-0.39, 0.29) is 0 Å². The molecule has 0 rings (SSSR count). The van der Waals surface area contributed by atoms with E-state index < -0.39 is 0 Å². The van der Waals surface area contributed by atoms with Gasteiger partial charge in [0.1, 0.15) is 0 Å². The fourth-order valence-corrected chi connectivity index (χ4v) is 0.209. The standard InChI is InChI=1S/C4H11N3/c1-3-7(2)4-6-5/h3,6H,1,4-5H2,2H3. The molecule has 0 saturated heterocycles. The molecule has 0 unspecified atom stereocenters. The van der Waals surface area contributed by atoms with Crippen LogP contribution in [0.15, 0.2) is 12.8 Å². The van der Waals surface area contributed by atoms with Crippen LogP contribution < -0.4 is 11.3 Å². The highest BCUT2D eigenvalue weighted by Gasteiger charge is 1.79. The van der Waals surface area contributed by atoms with Crippen molar-refractivity contribution in [2.75, 3.05) is 13.7 Å². The summed E-state index contributed by atoms with van der Waals surface area (Å²) in [6, 6.07) is 0.